The highest BCUT2D eigenvalue weighted by Gasteiger charge is 2.21. The molecule has 0 fully saturated rings. The first-order valence-electron chi connectivity index (χ1n) is 5.58. The molecule has 6 nitrogen and oxygen atoms in total. The monoisotopic (exact) mass is 317 g/mol. The van der Waals surface area contributed by atoms with Crippen molar-refractivity contribution in [2.45, 2.75) is 32.9 Å². The Labute approximate surface area is 113 Å². The van der Waals surface area contributed by atoms with E-state index in [1.807, 2.05) is 13.8 Å². The molecular formula is C11H16BrN3O3. The molecule has 0 unspecified atom stereocenters. The van der Waals surface area contributed by atoms with Crippen molar-refractivity contribution < 1.29 is 14.7 Å². The SMILES string of the molecule is CC(C)C[C@@H](NC(=O)Cn1cc(Br)cn1)C(=O)O. The number of hydrogen-bond donors (Lipinski definition) is 2. The molecule has 7 heteroatoms. The highest BCUT2D eigenvalue weighted by atomic mass is 79.9. The Morgan fingerprint density at radius 1 is 1.56 bits per heavy atom. The van der Waals surface area contributed by atoms with Crippen molar-refractivity contribution in [1.29, 1.82) is 0 Å². The van der Waals surface area contributed by atoms with Crippen LogP contribution in [0.25, 0.3) is 0 Å². The average Bonchev–Trinajstić information content (AvgIpc) is 2.62. The number of carbonyl (C=O) groups excluding carboxylic acids is 1. The van der Waals surface area contributed by atoms with E-state index in [-0.39, 0.29) is 18.4 Å². The second-order valence-corrected chi connectivity index (χ2v) is 5.36. The van der Waals surface area contributed by atoms with Crippen LogP contribution in [0.1, 0.15) is 20.3 Å². The van der Waals surface area contributed by atoms with Crippen LogP contribution < -0.4 is 5.32 Å². The molecule has 0 aliphatic heterocycles. The molecule has 100 valence electrons. The number of hydrogen-bond acceptors (Lipinski definition) is 3. The van der Waals surface area contributed by atoms with Crippen LogP contribution in [0.3, 0.4) is 0 Å². The maximum Gasteiger partial charge on any atom is 0.326 e. The smallest absolute Gasteiger partial charge is 0.326 e. The first-order valence-corrected chi connectivity index (χ1v) is 6.38. The quantitative estimate of drug-likeness (QED) is 0.827. The summed E-state index contributed by atoms with van der Waals surface area (Å²) in [5.41, 5.74) is 0. The van der Waals surface area contributed by atoms with Crippen molar-refractivity contribution >= 4 is 27.8 Å². The Balaban J connectivity index is 2.53. The Kier molecular flexibility index (Phi) is 5.33. The third-order valence-corrected chi connectivity index (χ3v) is 2.66. The second kappa shape index (κ2) is 6.53. The molecule has 0 saturated heterocycles. The standard InChI is InChI=1S/C11H16BrN3O3/c1-7(2)3-9(11(17)18)14-10(16)6-15-5-8(12)4-13-15/h4-5,7,9H,3,6H2,1-2H3,(H,14,16)(H,17,18)/t9-/m1/s1. The van der Waals surface area contributed by atoms with Crippen LogP contribution in [0.2, 0.25) is 0 Å². The number of nitrogens with one attached hydrogen (secondary N) is 1. The zero-order valence-electron chi connectivity index (χ0n) is 10.3. The van der Waals surface area contributed by atoms with Crippen molar-refractivity contribution in [3.05, 3.63) is 16.9 Å². The van der Waals surface area contributed by atoms with E-state index in [2.05, 4.69) is 26.3 Å². The summed E-state index contributed by atoms with van der Waals surface area (Å²) in [6.07, 6.45) is 3.62. The number of carbonyl (C=O) groups is 2. The number of nitrogens with zero attached hydrogens (tertiary/aromatic N) is 2. The van der Waals surface area contributed by atoms with Gasteiger partial charge in [-0.3, -0.25) is 9.48 Å². The van der Waals surface area contributed by atoms with Gasteiger partial charge in [0.25, 0.3) is 0 Å². The van der Waals surface area contributed by atoms with Crippen molar-refractivity contribution in [2.24, 2.45) is 5.92 Å². The molecule has 2 N–H and O–H groups in total. The van der Waals surface area contributed by atoms with Gasteiger partial charge < -0.3 is 10.4 Å². The number of carboxylic acids is 1. The Hall–Kier alpha value is -1.37. The number of aliphatic carboxylic acids is 1. The summed E-state index contributed by atoms with van der Waals surface area (Å²) >= 11 is 3.22. The van der Waals surface area contributed by atoms with E-state index < -0.39 is 12.0 Å². The largest absolute Gasteiger partial charge is 0.480 e. The molecule has 1 rings (SSSR count). The first-order chi connectivity index (χ1) is 8.38. The lowest BCUT2D eigenvalue weighted by Crippen LogP contribution is -2.43. The van der Waals surface area contributed by atoms with Crippen LogP contribution >= 0.6 is 15.9 Å². The number of carboxylic acid groups (broad SMARTS) is 1. The molecule has 1 amide bonds. The van der Waals surface area contributed by atoms with Crippen molar-refractivity contribution in [3.63, 3.8) is 0 Å². The maximum absolute atomic E-state index is 11.7. The molecule has 0 aromatic carbocycles. The summed E-state index contributed by atoms with van der Waals surface area (Å²) in [4.78, 5) is 22.6. The van der Waals surface area contributed by atoms with Crippen LogP contribution in [-0.4, -0.2) is 32.8 Å². The highest BCUT2D eigenvalue weighted by Crippen LogP contribution is 2.07. The van der Waals surface area contributed by atoms with Gasteiger partial charge in [0.05, 0.1) is 10.7 Å². The molecule has 0 spiro atoms. The van der Waals surface area contributed by atoms with Crippen LogP contribution in [0.5, 0.6) is 0 Å². The third-order valence-electron chi connectivity index (χ3n) is 2.25. The number of halogens is 1. The summed E-state index contributed by atoms with van der Waals surface area (Å²) in [6, 6.07) is -0.850. The zero-order chi connectivity index (χ0) is 13.7. The molecule has 18 heavy (non-hydrogen) atoms. The minimum absolute atomic E-state index is 0.00742. The fourth-order valence-corrected chi connectivity index (χ4v) is 1.83. The minimum Gasteiger partial charge on any atom is -0.480 e. The van der Waals surface area contributed by atoms with E-state index in [1.54, 1.807) is 12.4 Å². The van der Waals surface area contributed by atoms with Gasteiger partial charge in [-0.2, -0.15) is 5.10 Å². The third kappa shape index (κ3) is 4.87. The minimum atomic E-state index is -1.02. The lowest BCUT2D eigenvalue weighted by Gasteiger charge is -2.16. The van der Waals surface area contributed by atoms with Gasteiger partial charge >= 0.3 is 5.97 Å². The van der Waals surface area contributed by atoms with E-state index in [9.17, 15) is 9.59 Å². The molecule has 1 atom stereocenters. The summed E-state index contributed by atoms with van der Waals surface area (Å²) < 4.78 is 2.21. The summed E-state index contributed by atoms with van der Waals surface area (Å²) in [7, 11) is 0. The first kappa shape index (κ1) is 14.7. The highest BCUT2D eigenvalue weighted by molar-refractivity contribution is 9.10. The van der Waals surface area contributed by atoms with Gasteiger partial charge in [-0.05, 0) is 28.3 Å². The van der Waals surface area contributed by atoms with Gasteiger partial charge in [-0.25, -0.2) is 4.79 Å². The Morgan fingerprint density at radius 3 is 2.67 bits per heavy atom. The van der Waals surface area contributed by atoms with Gasteiger partial charge in [0.1, 0.15) is 12.6 Å². The van der Waals surface area contributed by atoms with Gasteiger partial charge in [0.2, 0.25) is 5.91 Å². The zero-order valence-corrected chi connectivity index (χ0v) is 11.8. The van der Waals surface area contributed by atoms with Gasteiger partial charge in [0, 0.05) is 6.20 Å². The molecular weight excluding hydrogens is 302 g/mol. The van der Waals surface area contributed by atoms with Crippen molar-refractivity contribution in [1.82, 2.24) is 15.1 Å². The number of aromatic nitrogens is 2. The van der Waals surface area contributed by atoms with E-state index in [4.69, 9.17) is 5.11 Å². The number of amides is 1. The van der Waals surface area contributed by atoms with Crippen LogP contribution in [-0.2, 0) is 16.1 Å². The number of rotatable bonds is 6. The predicted octanol–water partition coefficient (Wildman–Crippen LogP) is 1.26. The molecule has 0 bridgehead atoms. The molecule has 1 aromatic rings. The summed E-state index contributed by atoms with van der Waals surface area (Å²) in [5, 5.41) is 15.4. The van der Waals surface area contributed by atoms with Gasteiger partial charge in [0.15, 0.2) is 0 Å². The normalized spacial score (nSPS) is 12.4. The molecule has 0 saturated carbocycles. The summed E-state index contributed by atoms with van der Waals surface area (Å²) in [6.45, 7) is 3.83. The van der Waals surface area contributed by atoms with Gasteiger partial charge in [-0.15, -0.1) is 0 Å². The molecule has 0 aliphatic rings. The lowest BCUT2D eigenvalue weighted by molar-refractivity contribution is -0.142. The maximum atomic E-state index is 11.7. The summed E-state index contributed by atoms with van der Waals surface area (Å²) in [5.74, 6) is -1.18. The van der Waals surface area contributed by atoms with Gasteiger partial charge in [-0.1, -0.05) is 13.8 Å². The van der Waals surface area contributed by atoms with E-state index in [0.717, 1.165) is 4.47 Å². The van der Waals surface area contributed by atoms with Crippen molar-refractivity contribution in [3.8, 4) is 0 Å². The average molecular weight is 318 g/mol. The van der Waals surface area contributed by atoms with Crippen LogP contribution in [0.4, 0.5) is 0 Å². The second-order valence-electron chi connectivity index (χ2n) is 4.44. The molecule has 0 radical (unpaired) electrons. The molecule has 1 heterocycles. The van der Waals surface area contributed by atoms with E-state index in [1.165, 1.54) is 4.68 Å². The van der Waals surface area contributed by atoms with Crippen molar-refractivity contribution in [2.75, 3.05) is 0 Å². The Bertz CT molecular complexity index is 431. The molecule has 0 aliphatic carbocycles. The topological polar surface area (TPSA) is 84.2 Å². The fourth-order valence-electron chi connectivity index (χ4n) is 1.50. The predicted molar refractivity (Wildman–Crippen MR) is 68.9 cm³/mol. The van der Waals surface area contributed by atoms with E-state index >= 15 is 0 Å². The fraction of sp³-hybridized carbons (Fsp3) is 0.545. The lowest BCUT2D eigenvalue weighted by atomic mass is 10.0. The Morgan fingerprint density at radius 2 is 2.22 bits per heavy atom. The van der Waals surface area contributed by atoms with E-state index in [0.29, 0.717) is 6.42 Å². The van der Waals surface area contributed by atoms with Crippen LogP contribution in [0.15, 0.2) is 16.9 Å². The molecule has 1 aromatic heterocycles. The van der Waals surface area contributed by atoms with Crippen LogP contribution in [0, 0.1) is 5.92 Å².